The van der Waals surface area contributed by atoms with Gasteiger partial charge in [-0.15, -0.1) is 10.2 Å². The number of aromatic nitrogens is 3. The van der Waals surface area contributed by atoms with Crippen molar-refractivity contribution in [3.63, 3.8) is 0 Å². The van der Waals surface area contributed by atoms with Crippen molar-refractivity contribution < 1.29 is 22.7 Å². The molecule has 1 unspecified atom stereocenters. The van der Waals surface area contributed by atoms with Crippen LogP contribution < -0.4 is 19.9 Å². The molecule has 1 amide bonds. The lowest BCUT2D eigenvalue weighted by Crippen LogP contribution is -2.24. The number of nitrogens with two attached hydrogens (primary N) is 1. The van der Waals surface area contributed by atoms with E-state index < -0.39 is 16.1 Å². The summed E-state index contributed by atoms with van der Waals surface area (Å²) < 4.78 is 36.3. The molecule has 3 aromatic rings. The van der Waals surface area contributed by atoms with Gasteiger partial charge in [-0.1, -0.05) is 30.0 Å². The van der Waals surface area contributed by atoms with Crippen LogP contribution in [-0.4, -0.2) is 41.4 Å². The number of sulfonamides is 1. The van der Waals surface area contributed by atoms with Gasteiger partial charge >= 0.3 is 0 Å². The monoisotopic (exact) mass is 461 g/mol. The molecule has 162 valence electrons. The largest absolute Gasteiger partial charge is 0.485 e. The lowest BCUT2D eigenvalue weighted by atomic mass is 10.2. The maximum Gasteiger partial charge on any atom is 0.238 e. The first-order chi connectivity index (χ1) is 14.8. The molecule has 0 bridgehead atoms. The van der Waals surface area contributed by atoms with Crippen molar-refractivity contribution in [2.24, 2.45) is 12.2 Å². The molecule has 0 aliphatic carbocycles. The van der Waals surface area contributed by atoms with Gasteiger partial charge in [-0.25, -0.2) is 13.6 Å². The maximum absolute atomic E-state index is 12.3. The Morgan fingerprint density at radius 3 is 2.77 bits per heavy atom. The molecule has 31 heavy (non-hydrogen) atoms. The summed E-state index contributed by atoms with van der Waals surface area (Å²) in [6, 6.07) is 13.1. The average Bonchev–Trinajstić information content (AvgIpc) is 3.12. The molecule has 0 fully saturated rings. The van der Waals surface area contributed by atoms with Crippen LogP contribution in [0, 0.1) is 0 Å². The number of amides is 1. The highest BCUT2D eigenvalue weighted by atomic mass is 32.2. The highest BCUT2D eigenvalue weighted by molar-refractivity contribution is 7.99. The van der Waals surface area contributed by atoms with Gasteiger partial charge < -0.3 is 19.4 Å². The summed E-state index contributed by atoms with van der Waals surface area (Å²) in [5, 5.41) is 16.6. The Balaban J connectivity index is 1.38. The van der Waals surface area contributed by atoms with Crippen LogP contribution >= 0.6 is 11.8 Å². The zero-order valence-corrected chi connectivity index (χ0v) is 18.0. The minimum absolute atomic E-state index is 0.0520. The van der Waals surface area contributed by atoms with Gasteiger partial charge in [0.25, 0.3) is 0 Å². The van der Waals surface area contributed by atoms with E-state index in [2.05, 4.69) is 15.5 Å². The summed E-state index contributed by atoms with van der Waals surface area (Å²) in [6.07, 6.45) is -0.420. The number of para-hydroxylation sites is 2. The Hall–Kier alpha value is -3.09. The minimum atomic E-state index is -3.85. The molecule has 0 saturated heterocycles. The van der Waals surface area contributed by atoms with Crippen molar-refractivity contribution in [3.8, 4) is 11.5 Å². The van der Waals surface area contributed by atoms with Crippen molar-refractivity contribution in [1.82, 2.24) is 14.8 Å². The first-order valence-electron chi connectivity index (χ1n) is 9.14. The Bertz CT molecular complexity index is 1230. The normalized spacial score (nSPS) is 15.5. The van der Waals surface area contributed by atoms with Crippen molar-refractivity contribution >= 4 is 33.4 Å². The molecule has 1 atom stereocenters. The molecule has 1 aliphatic heterocycles. The number of anilines is 1. The fraction of sp³-hybridized carbons (Fsp3) is 0.211. The van der Waals surface area contributed by atoms with Crippen LogP contribution in [0.2, 0.25) is 0 Å². The lowest BCUT2D eigenvalue weighted by Gasteiger charge is -2.25. The summed E-state index contributed by atoms with van der Waals surface area (Å²) in [7, 11) is -2.06. The topological polar surface area (TPSA) is 138 Å². The van der Waals surface area contributed by atoms with Crippen molar-refractivity contribution in [2.75, 3.05) is 17.7 Å². The number of hydrogen-bond acceptors (Lipinski definition) is 8. The molecule has 10 nitrogen and oxygen atoms in total. The molecular weight excluding hydrogens is 442 g/mol. The van der Waals surface area contributed by atoms with Crippen molar-refractivity contribution in [3.05, 3.63) is 54.4 Å². The number of fused-ring (bicyclic) bond motifs is 1. The van der Waals surface area contributed by atoms with E-state index in [4.69, 9.17) is 14.6 Å². The summed E-state index contributed by atoms with van der Waals surface area (Å²) in [4.78, 5) is 12.2. The summed E-state index contributed by atoms with van der Waals surface area (Å²) in [5.74, 6) is 1.62. The van der Waals surface area contributed by atoms with Gasteiger partial charge in [-0.05, 0) is 30.3 Å². The SMILES string of the molecule is Cn1c(SCC(=O)Nc2cccc(S(N)(=O)=O)c2)nnc1C1COc2ccccc2O1. The molecule has 1 aliphatic rings. The summed E-state index contributed by atoms with van der Waals surface area (Å²) in [5.41, 5.74) is 0.335. The van der Waals surface area contributed by atoms with Gasteiger partial charge in [0.1, 0.15) is 6.61 Å². The molecule has 0 radical (unpaired) electrons. The smallest absolute Gasteiger partial charge is 0.238 e. The molecule has 2 heterocycles. The molecule has 0 spiro atoms. The van der Waals surface area contributed by atoms with Gasteiger partial charge in [0.15, 0.2) is 28.6 Å². The Morgan fingerprint density at radius 2 is 2.00 bits per heavy atom. The number of nitrogens with zero attached hydrogens (tertiary/aromatic N) is 3. The van der Waals surface area contributed by atoms with Gasteiger partial charge in [-0.2, -0.15) is 0 Å². The van der Waals surface area contributed by atoms with Crippen LogP contribution in [0.5, 0.6) is 11.5 Å². The predicted octanol–water partition coefficient (Wildman–Crippen LogP) is 1.71. The van der Waals surface area contributed by atoms with Gasteiger partial charge in [0.05, 0.1) is 10.6 Å². The molecule has 4 rings (SSSR count). The molecular formula is C19H19N5O5S2. The number of thioether (sulfide) groups is 1. The number of primary sulfonamides is 1. The van der Waals surface area contributed by atoms with Crippen LogP contribution in [0.1, 0.15) is 11.9 Å². The third kappa shape index (κ3) is 4.81. The highest BCUT2D eigenvalue weighted by Gasteiger charge is 2.27. The molecule has 12 heteroatoms. The number of rotatable bonds is 6. The van der Waals surface area contributed by atoms with Crippen LogP contribution in [0.25, 0.3) is 0 Å². The quantitative estimate of drug-likeness (QED) is 0.529. The van der Waals surface area contributed by atoms with Gasteiger partial charge in [-0.3, -0.25) is 4.79 Å². The predicted molar refractivity (Wildman–Crippen MR) is 113 cm³/mol. The van der Waals surface area contributed by atoms with Gasteiger partial charge in [0, 0.05) is 12.7 Å². The molecule has 1 aromatic heterocycles. The van der Waals surface area contributed by atoms with Crippen LogP contribution in [-0.2, 0) is 21.9 Å². The third-order valence-corrected chi connectivity index (χ3v) is 6.38. The number of benzene rings is 2. The van der Waals surface area contributed by atoms with Crippen molar-refractivity contribution in [1.29, 1.82) is 0 Å². The second kappa shape index (κ2) is 8.57. The Labute approximate surface area is 182 Å². The molecule has 2 aromatic carbocycles. The zero-order valence-electron chi connectivity index (χ0n) is 16.4. The zero-order chi connectivity index (χ0) is 22.0. The fourth-order valence-electron chi connectivity index (χ4n) is 2.96. The van der Waals surface area contributed by atoms with Crippen LogP contribution in [0.4, 0.5) is 5.69 Å². The van der Waals surface area contributed by atoms with Crippen molar-refractivity contribution in [2.45, 2.75) is 16.2 Å². The second-order valence-corrected chi connectivity index (χ2v) is 9.18. The number of ether oxygens (including phenoxy) is 2. The van der Waals surface area contributed by atoms with E-state index in [0.29, 0.717) is 34.8 Å². The maximum atomic E-state index is 12.3. The fourth-order valence-corrected chi connectivity index (χ4v) is 4.23. The number of carbonyl (C=O) groups excluding carboxylic acids is 1. The van der Waals surface area contributed by atoms with E-state index >= 15 is 0 Å². The number of hydrogen-bond donors (Lipinski definition) is 2. The first kappa shape index (κ1) is 21.2. The lowest BCUT2D eigenvalue weighted by molar-refractivity contribution is -0.113. The highest BCUT2D eigenvalue weighted by Crippen LogP contribution is 2.35. The Kier molecular flexibility index (Phi) is 5.85. The third-order valence-electron chi connectivity index (χ3n) is 4.44. The number of carbonyl (C=O) groups is 1. The standard InChI is InChI=1S/C19H19N5O5S2/c1-24-18(16-10-28-14-7-2-3-8-15(14)29-16)22-23-19(24)30-11-17(25)21-12-5-4-6-13(9-12)31(20,26)27/h2-9,16H,10-11H2,1H3,(H,21,25)(H2,20,26,27). The van der Waals surface area contributed by atoms with E-state index in [0.717, 1.165) is 0 Å². The van der Waals surface area contributed by atoms with E-state index in [-0.39, 0.29) is 16.6 Å². The summed E-state index contributed by atoms with van der Waals surface area (Å²) in [6.45, 7) is 0.300. The van der Waals surface area contributed by atoms with E-state index in [9.17, 15) is 13.2 Å². The van der Waals surface area contributed by atoms with Crippen LogP contribution in [0.15, 0.2) is 58.6 Å². The Morgan fingerprint density at radius 1 is 1.23 bits per heavy atom. The average molecular weight is 462 g/mol. The minimum Gasteiger partial charge on any atom is -0.485 e. The van der Waals surface area contributed by atoms with E-state index in [1.807, 2.05) is 24.3 Å². The summed E-state index contributed by atoms with van der Waals surface area (Å²) >= 11 is 1.19. The van der Waals surface area contributed by atoms with E-state index in [1.165, 1.54) is 30.0 Å². The first-order valence-corrected chi connectivity index (χ1v) is 11.7. The van der Waals surface area contributed by atoms with Gasteiger partial charge in [0.2, 0.25) is 15.9 Å². The molecule has 3 N–H and O–H groups in total. The van der Waals surface area contributed by atoms with Crippen LogP contribution in [0.3, 0.4) is 0 Å². The second-order valence-electron chi connectivity index (χ2n) is 6.67. The molecule has 0 saturated carbocycles. The number of nitrogens with one attached hydrogen (secondary N) is 1. The van der Waals surface area contributed by atoms with E-state index in [1.54, 1.807) is 17.7 Å².